The summed E-state index contributed by atoms with van der Waals surface area (Å²) in [6.07, 6.45) is -2.73. The number of carbonyl (C=O) groups is 1. The number of nitrogens with one attached hydrogen (secondary N) is 1. The summed E-state index contributed by atoms with van der Waals surface area (Å²) in [6, 6.07) is 16.0. The predicted molar refractivity (Wildman–Crippen MR) is 162 cm³/mol. The Bertz CT molecular complexity index is 1690. The highest BCUT2D eigenvalue weighted by Crippen LogP contribution is 2.42. The number of thioether (sulfide) groups is 1. The van der Waals surface area contributed by atoms with Crippen LogP contribution in [-0.4, -0.2) is 61.3 Å². The van der Waals surface area contributed by atoms with E-state index < -0.39 is 41.1 Å². The van der Waals surface area contributed by atoms with Gasteiger partial charge in [-0.25, -0.2) is 0 Å². The number of hydrogen-bond donors (Lipinski definition) is 6. The first-order chi connectivity index (χ1) is 20.6. The van der Waals surface area contributed by atoms with Crippen LogP contribution in [0.3, 0.4) is 0 Å². The quantitative estimate of drug-likeness (QED) is 0.0877. The number of benzene rings is 3. The van der Waals surface area contributed by atoms with E-state index in [1.165, 1.54) is 24.3 Å². The number of aliphatic hydroxyl groups is 5. The zero-order valence-corrected chi connectivity index (χ0v) is 24.9. The van der Waals surface area contributed by atoms with Gasteiger partial charge in [0.25, 0.3) is 11.0 Å². The average Bonchev–Trinajstić information content (AvgIpc) is 3.71. The molecule has 1 amide bonds. The van der Waals surface area contributed by atoms with Crippen LogP contribution in [0.15, 0.2) is 71.6 Å². The van der Waals surface area contributed by atoms with Crippen molar-refractivity contribution in [3.63, 3.8) is 0 Å². The van der Waals surface area contributed by atoms with Gasteiger partial charge in [0, 0.05) is 44.5 Å². The zero-order valence-electron chi connectivity index (χ0n) is 23.3. The van der Waals surface area contributed by atoms with Gasteiger partial charge in [0.05, 0.1) is 18.2 Å². The van der Waals surface area contributed by atoms with E-state index >= 15 is 0 Å². The fourth-order valence-corrected chi connectivity index (χ4v) is 5.97. The molecule has 1 fully saturated rings. The SMILES string of the molecule is BC(O)(O)C(O)(O)Sc1ccc(C(CO)NC(=O)c2ccc3c(c2)cc(Cc2ccc(Cl)cc2C(F)(F)F)n3C2CC2)cc1. The van der Waals surface area contributed by atoms with Crippen LogP contribution in [0.2, 0.25) is 5.02 Å². The summed E-state index contributed by atoms with van der Waals surface area (Å²) in [7, 11) is 0.827. The third-order valence-electron chi connectivity index (χ3n) is 7.49. The molecule has 0 spiro atoms. The van der Waals surface area contributed by atoms with Crippen molar-refractivity contribution in [1.29, 1.82) is 0 Å². The lowest BCUT2D eigenvalue weighted by Gasteiger charge is -2.31. The minimum absolute atomic E-state index is 0.00349. The Hall–Kier alpha value is -3.04. The molecule has 3 aromatic carbocycles. The van der Waals surface area contributed by atoms with Crippen molar-refractivity contribution >= 4 is 48.0 Å². The molecule has 232 valence electrons. The van der Waals surface area contributed by atoms with Crippen molar-refractivity contribution in [2.75, 3.05) is 6.61 Å². The molecule has 1 atom stereocenters. The number of amides is 1. The van der Waals surface area contributed by atoms with Gasteiger partial charge in [0.1, 0.15) is 0 Å². The third kappa shape index (κ3) is 6.94. The number of aliphatic hydroxyl groups excluding tert-OH is 1. The summed E-state index contributed by atoms with van der Waals surface area (Å²) >= 11 is 6.27. The third-order valence-corrected chi connectivity index (χ3v) is 8.90. The van der Waals surface area contributed by atoms with Crippen molar-refractivity contribution in [1.82, 2.24) is 9.88 Å². The van der Waals surface area contributed by atoms with Crippen molar-refractivity contribution in [2.45, 2.75) is 53.2 Å². The van der Waals surface area contributed by atoms with Crippen molar-refractivity contribution in [2.24, 2.45) is 0 Å². The molecule has 0 aliphatic heterocycles. The molecule has 0 bridgehead atoms. The van der Waals surface area contributed by atoms with Crippen molar-refractivity contribution < 1.29 is 43.5 Å². The second-order valence-electron chi connectivity index (χ2n) is 11.0. The van der Waals surface area contributed by atoms with E-state index in [-0.39, 0.29) is 23.0 Å². The topological polar surface area (TPSA) is 135 Å². The average molecular weight is 649 g/mol. The molecule has 1 heterocycles. The molecule has 1 aromatic heterocycles. The molecule has 1 aliphatic rings. The van der Waals surface area contributed by atoms with Crippen LogP contribution >= 0.6 is 23.4 Å². The fourth-order valence-electron chi connectivity index (χ4n) is 5.00. The molecule has 0 saturated heterocycles. The maximum absolute atomic E-state index is 13.8. The van der Waals surface area contributed by atoms with Crippen LogP contribution in [0.4, 0.5) is 13.2 Å². The highest BCUT2D eigenvalue weighted by atomic mass is 35.5. The maximum Gasteiger partial charge on any atom is 0.416 e. The lowest BCUT2D eigenvalue weighted by Crippen LogP contribution is -2.52. The molecular formula is C30H29BClF3N2O6S. The van der Waals surface area contributed by atoms with Crippen LogP contribution in [0.25, 0.3) is 10.9 Å². The van der Waals surface area contributed by atoms with Gasteiger partial charge < -0.3 is 35.4 Å². The summed E-state index contributed by atoms with van der Waals surface area (Å²) in [4.78, 5) is 13.5. The summed E-state index contributed by atoms with van der Waals surface area (Å²) in [6.45, 7) is -0.444. The van der Waals surface area contributed by atoms with Crippen LogP contribution < -0.4 is 5.32 Å². The number of carbonyl (C=O) groups excluding carboxylic acids is 1. The summed E-state index contributed by atoms with van der Waals surface area (Å²) < 4.78 is 43.3. The van der Waals surface area contributed by atoms with E-state index in [1.807, 2.05) is 4.57 Å². The van der Waals surface area contributed by atoms with E-state index in [0.29, 0.717) is 38.9 Å². The largest absolute Gasteiger partial charge is 0.416 e. The van der Waals surface area contributed by atoms with Crippen molar-refractivity contribution in [3.05, 3.63) is 99.7 Å². The summed E-state index contributed by atoms with van der Waals surface area (Å²) in [5.41, 5.74) is -1.18. The van der Waals surface area contributed by atoms with Crippen LogP contribution in [0.5, 0.6) is 0 Å². The minimum Gasteiger partial charge on any atom is -0.394 e. The van der Waals surface area contributed by atoms with Crippen LogP contribution in [-0.2, 0) is 12.6 Å². The molecule has 8 nitrogen and oxygen atoms in total. The van der Waals surface area contributed by atoms with Gasteiger partial charge in [-0.15, -0.1) is 0 Å². The van der Waals surface area contributed by atoms with Crippen molar-refractivity contribution in [3.8, 4) is 0 Å². The maximum atomic E-state index is 13.8. The van der Waals surface area contributed by atoms with Gasteiger partial charge in [-0.05, 0) is 72.5 Å². The van der Waals surface area contributed by atoms with E-state index in [0.717, 1.165) is 32.3 Å². The molecule has 4 aromatic rings. The van der Waals surface area contributed by atoms with E-state index in [4.69, 9.17) is 11.6 Å². The highest BCUT2D eigenvalue weighted by Gasteiger charge is 2.43. The van der Waals surface area contributed by atoms with Gasteiger partial charge in [-0.1, -0.05) is 41.6 Å². The van der Waals surface area contributed by atoms with Gasteiger partial charge in [0.2, 0.25) is 0 Å². The zero-order chi connectivity index (χ0) is 32.0. The number of aromatic nitrogens is 1. The lowest BCUT2D eigenvalue weighted by atomic mass is 9.94. The Morgan fingerprint density at radius 2 is 1.70 bits per heavy atom. The number of hydrogen-bond acceptors (Lipinski definition) is 7. The molecule has 6 N–H and O–H groups in total. The first-order valence-electron chi connectivity index (χ1n) is 13.7. The molecule has 1 aliphatic carbocycles. The monoisotopic (exact) mass is 648 g/mol. The number of fused-ring (bicyclic) bond motifs is 1. The molecule has 1 saturated carbocycles. The fraction of sp³-hybridized carbons (Fsp3) is 0.300. The molecular weight excluding hydrogens is 620 g/mol. The molecule has 5 rings (SSSR count). The van der Waals surface area contributed by atoms with E-state index in [2.05, 4.69) is 5.32 Å². The van der Waals surface area contributed by atoms with E-state index in [9.17, 15) is 43.5 Å². The first-order valence-corrected chi connectivity index (χ1v) is 14.9. The number of rotatable bonds is 10. The van der Waals surface area contributed by atoms with Gasteiger partial charge in [0.15, 0.2) is 13.5 Å². The van der Waals surface area contributed by atoms with Gasteiger partial charge in [-0.3, -0.25) is 4.79 Å². The number of nitrogens with zero attached hydrogens (tertiary/aromatic N) is 1. The summed E-state index contributed by atoms with van der Waals surface area (Å²) in [5, 5.41) is 49.4. The molecule has 0 radical (unpaired) electrons. The standard InChI is InChI=1S/C30H29BClF3N2O6S/c31-29(40,41)30(42,43)44-23-8-2-16(3-9-23)25(15-38)36-27(39)18-4-10-26-19(11-18)13-22(37(26)21-6-7-21)12-17-1-5-20(32)14-24(17)28(33,34)35/h1-5,8-11,13-14,21,25,38,40-43H,6-7,12,15,31H2,(H,36,39). The Morgan fingerprint density at radius 3 is 2.30 bits per heavy atom. The van der Waals surface area contributed by atoms with Gasteiger partial charge >= 0.3 is 6.18 Å². The van der Waals surface area contributed by atoms with E-state index in [1.54, 1.807) is 36.4 Å². The second kappa shape index (κ2) is 12.0. The Morgan fingerprint density at radius 1 is 1.02 bits per heavy atom. The number of alkyl halides is 3. The molecule has 1 unspecified atom stereocenters. The first kappa shape index (κ1) is 32.4. The van der Waals surface area contributed by atoms with Gasteiger partial charge in [-0.2, -0.15) is 13.2 Å². The lowest BCUT2D eigenvalue weighted by molar-refractivity contribution is -0.261. The highest BCUT2D eigenvalue weighted by molar-refractivity contribution is 8.00. The number of halogens is 4. The molecule has 44 heavy (non-hydrogen) atoms. The second-order valence-corrected chi connectivity index (χ2v) is 12.7. The van der Waals surface area contributed by atoms with Crippen LogP contribution in [0.1, 0.15) is 57.7 Å². The summed E-state index contributed by atoms with van der Waals surface area (Å²) in [5.74, 6) is -0.483. The minimum atomic E-state index is -4.56. The normalized spacial score (nSPS) is 15.0. The Labute approximate surface area is 260 Å². The van der Waals surface area contributed by atoms with Crippen LogP contribution in [0, 0.1) is 0 Å². The Kier molecular flexibility index (Phi) is 8.86. The molecule has 14 heteroatoms. The Balaban J connectivity index is 1.37. The predicted octanol–water partition coefficient (Wildman–Crippen LogP) is 3.70. The smallest absolute Gasteiger partial charge is 0.394 e.